The molecule has 2 aliphatic rings. The molecule has 1 saturated heterocycles. The number of rotatable bonds is 15. The Bertz CT molecular complexity index is 1590. The number of pyridine rings is 1. The number of benzene rings is 2. The monoisotopic (exact) mass is 651 g/mol. The number of nitrogens with zero attached hydrogens (tertiary/aromatic N) is 2. The minimum absolute atomic E-state index is 0.0597. The van der Waals surface area contributed by atoms with Gasteiger partial charge >= 0.3 is 0 Å². The minimum Gasteiger partial charge on any atom is -0.384 e. The first-order valence-electron chi connectivity index (χ1n) is 15.8. The molecule has 0 unspecified atom stereocenters. The quantitative estimate of drug-likeness (QED) is 0.142. The van der Waals surface area contributed by atoms with E-state index in [-0.39, 0.29) is 36.2 Å². The number of hydrogen-bond donors (Lipinski definition) is 3. The van der Waals surface area contributed by atoms with Gasteiger partial charge in [0.25, 0.3) is 5.91 Å². The van der Waals surface area contributed by atoms with Gasteiger partial charge < -0.3 is 25.1 Å². The molecule has 1 aliphatic heterocycles. The molecule has 2 aromatic carbocycles. The molecule has 1 saturated carbocycles. The maximum Gasteiger partial charge on any atom is 0.283 e. The van der Waals surface area contributed by atoms with Crippen LogP contribution in [0.25, 0.3) is 0 Å². The van der Waals surface area contributed by atoms with E-state index in [1.807, 2.05) is 30.3 Å². The number of hydrogen-bond acceptors (Lipinski definition) is 9. The van der Waals surface area contributed by atoms with Crippen LogP contribution < -0.4 is 14.9 Å². The summed E-state index contributed by atoms with van der Waals surface area (Å²) in [6, 6.07) is 16.9. The van der Waals surface area contributed by atoms with Crippen LogP contribution in [0.15, 0.2) is 60.7 Å². The van der Waals surface area contributed by atoms with Crippen LogP contribution in [0.4, 0.5) is 21.6 Å². The lowest BCUT2D eigenvalue weighted by molar-refractivity contribution is 0.0976. The Hall–Kier alpha value is -3.87. The molecule has 3 N–H and O–H groups in total. The van der Waals surface area contributed by atoms with Gasteiger partial charge in [0.1, 0.15) is 17.3 Å². The van der Waals surface area contributed by atoms with Crippen molar-refractivity contribution in [3.8, 4) is 0 Å². The standard InChI is InChI=1S/C34H42FN5O5S/c1-44-22-25-15-17-40(18-16-25)30-21-29(34(41)39-46(42,43)20-6-19-45-23-24-7-3-2-4-8-24)38-33(31(30)32(36)26-9-5-10-26)37-28-13-11-27(35)12-14-28/h2-4,7-8,11-14,21,25-26,36H,5-6,9-10,15-20,22-23H2,1H3,(H,37,38)(H,39,41). The lowest BCUT2D eigenvalue weighted by atomic mass is 9.79. The van der Waals surface area contributed by atoms with Crippen LogP contribution in [-0.2, 0) is 26.1 Å². The minimum atomic E-state index is -3.99. The van der Waals surface area contributed by atoms with Crippen molar-refractivity contribution in [3.63, 3.8) is 0 Å². The molecule has 2 fully saturated rings. The zero-order valence-corrected chi connectivity index (χ0v) is 27.0. The van der Waals surface area contributed by atoms with E-state index in [0.717, 1.165) is 37.7 Å². The van der Waals surface area contributed by atoms with Crippen LogP contribution >= 0.6 is 0 Å². The summed E-state index contributed by atoms with van der Waals surface area (Å²) in [5, 5.41) is 12.4. The van der Waals surface area contributed by atoms with E-state index >= 15 is 0 Å². The Morgan fingerprint density at radius 1 is 1.07 bits per heavy atom. The molecular weight excluding hydrogens is 609 g/mol. The number of aromatic nitrogens is 1. The summed E-state index contributed by atoms with van der Waals surface area (Å²) in [5.41, 5.74) is 3.09. The van der Waals surface area contributed by atoms with Crippen LogP contribution in [0.2, 0.25) is 0 Å². The Morgan fingerprint density at radius 2 is 1.78 bits per heavy atom. The molecule has 246 valence electrons. The van der Waals surface area contributed by atoms with E-state index in [2.05, 4.69) is 19.9 Å². The highest BCUT2D eigenvalue weighted by molar-refractivity contribution is 7.90. The topological polar surface area (TPSA) is 134 Å². The van der Waals surface area contributed by atoms with Crippen molar-refractivity contribution >= 4 is 38.8 Å². The van der Waals surface area contributed by atoms with Crippen LogP contribution in [-0.4, -0.2) is 64.2 Å². The van der Waals surface area contributed by atoms with E-state index < -0.39 is 21.7 Å². The van der Waals surface area contributed by atoms with Crippen LogP contribution in [0, 0.1) is 23.1 Å². The fourth-order valence-electron chi connectivity index (χ4n) is 5.76. The highest BCUT2D eigenvalue weighted by Crippen LogP contribution is 2.38. The number of halogens is 1. The molecule has 5 rings (SSSR count). The van der Waals surface area contributed by atoms with Gasteiger partial charge in [-0.3, -0.25) is 4.79 Å². The average molecular weight is 652 g/mol. The average Bonchev–Trinajstić information content (AvgIpc) is 3.01. The first-order valence-corrected chi connectivity index (χ1v) is 17.4. The summed E-state index contributed by atoms with van der Waals surface area (Å²) in [5.74, 6) is -0.826. The Kier molecular flexibility index (Phi) is 11.4. The van der Waals surface area contributed by atoms with E-state index in [0.29, 0.717) is 54.9 Å². The molecule has 3 aromatic rings. The molecule has 0 atom stereocenters. The first-order chi connectivity index (χ1) is 22.2. The van der Waals surface area contributed by atoms with Gasteiger partial charge in [0.05, 0.1) is 23.6 Å². The van der Waals surface area contributed by atoms with Gasteiger partial charge in [-0.1, -0.05) is 36.8 Å². The van der Waals surface area contributed by atoms with Crippen molar-refractivity contribution in [2.75, 3.05) is 49.4 Å². The van der Waals surface area contributed by atoms with Crippen molar-refractivity contribution in [1.29, 1.82) is 5.41 Å². The molecule has 0 spiro atoms. The second-order valence-corrected chi connectivity index (χ2v) is 13.8. The number of carbonyl (C=O) groups is 1. The molecule has 46 heavy (non-hydrogen) atoms. The highest BCUT2D eigenvalue weighted by atomic mass is 32.2. The van der Waals surface area contributed by atoms with Gasteiger partial charge in [0.2, 0.25) is 10.0 Å². The lowest BCUT2D eigenvalue weighted by Crippen LogP contribution is -2.38. The van der Waals surface area contributed by atoms with E-state index in [1.165, 1.54) is 12.1 Å². The van der Waals surface area contributed by atoms with Crippen molar-refractivity contribution < 1.29 is 27.1 Å². The molecule has 2 heterocycles. The van der Waals surface area contributed by atoms with Gasteiger partial charge in [-0.15, -0.1) is 0 Å². The van der Waals surface area contributed by atoms with Crippen molar-refractivity contribution in [1.82, 2.24) is 9.71 Å². The Balaban J connectivity index is 1.39. The van der Waals surface area contributed by atoms with Gasteiger partial charge in [0.15, 0.2) is 0 Å². The molecule has 12 heteroatoms. The number of nitrogens with one attached hydrogen (secondary N) is 3. The number of amides is 1. The van der Waals surface area contributed by atoms with Crippen LogP contribution in [0.5, 0.6) is 0 Å². The van der Waals surface area contributed by atoms with Gasteiger partial charge in [-0.05, 0) is 73.9 Å². The number of sulfonamides is 1. The number of ether oxygens (including phenoxy) is 2. The predicted octanol–water partition coefficient (Wildman–Crippen LogP) is 5.66. The predicted molar refractivity (Wildman–Crippen MR) is 177 cm³/mol. The molecule has 0 radical (unpaired) electrons. The van der Waals surface area contributed by atoms with E-state index in [4.69, 9.17) is 9.47 Å². The third kappa shape index (κ3) is 8.89. The summed E-state index contributed by atoms with van der Waals surface area (Å²) < 4.78 is 52.7. The summed E-state index contributed by atoms with van der Waals surface area (Å²) >= 11 is 0. The van der Waals surface area contributed by atoms with Crippen molar-refractivity contribution in [3.05, 3.63) is 83.3 Å². The molecule has 0 bridgehead atoms. The zero-order chi connectivity index (χ0) is 32.5. The maximum absolute atomic E-state index is 13.7. The van der Waals surface area contributed by atoms with E-state index in [9.17, 15) is 23.0 Å². The lowest BCUT2D eigenvalue weighted by Gasteiger charge is -2.36. The zero-order valence-electron chi connectivity index (χ0n) is 26.1. The van der Waals surface area contributed by atoms with Crippen molar-refractivity contribution in [2.24, 2.45) is 11.8 Å². The smallest absolute Gasteiger partial charge is 0.283 e. The van der Waals surface area contributed by atoms with Crippen LogP contribution in [0.1, 0.15) is 60.1 Å². The molecule has 1 aromatic heterocycles. The number of piperidine rings is 1. The van der Waals surface area contributed by atoms with Gasteiger partial charge in [-0.25, -0.2) is 22.5 Å². The van der Waals surface area contributed by atoms with E-state index in [1.54, 1.807) is 25.3 Å². The third-order valence-electron chi connectivity index (χ3n) is 8.54. The fourth-order valence-corrected chi connectivity index (χ4v) is 6.75. The molecule has 10 nitrogen and oxygen atoms in total. The molecule has 1 amide bonds. The first kappa shape index (κ1) is 33.5. The summed E-state index contributed by atoms with van der Waals surface area (Å²) in [7, 11) is -2.30. The maximum atomic E-state index is 13.7. The summed E-state index contributed by atoms with van der Waals surface area (Å²) in [6.45, 7) is 2.61. The summed E-state index contributed by atoms with van der Waals surface area (Å²) in [4.78, 5) is 20.2. The van der Waals surface area contributed by atoms with Crippen LogP contribution in [0.3, 0.4) is 0 Å². The number of methoxy groups -OCH3 is 1. The Morgan fingerprint density at radius 3 is 2.43 bits per heavy atom. The number of carbonyl (C=O) groups excluding carboxylic acids is 1. The normalized spacial score (nSPS) is 15.7. The molecular formula is C34H42FN5O5S. The SMILES string of the molecule is COCC1CCN(c2cc(C(=O)NS(=O)(=O)CCCOCc3ccccc3)nc(Nc3ccc(F)cc3)c2C(=N)C2CCC2)CC1. The van der Waals surface area contributed by atoms with Crippen molar-refractivity contribution in [2.45, 2.75) is 45.1 Å². The van der Waals surface area contributed by atoms with Gasteiger partial charge in [0, 0.05) is 50.7 Å². The third-order valence-corrected chi connectivity index (χ3v) is 9.86. The second-order valence-electron chi connectivity index (χ2n) is 12.0. The Labute approximate surface area is 270 Å². The molecule has 1 aliphatic carbocycles. The fraction of sp³-hybridized carbons (Fsp3) is 0.441. The largest absolute Gasteiger partial charge is 0.384 e. The second kappa shape index (κ2) is 15.6. The highest BCUT2D eigenvalue weighted by Gasteiger charge is 2.32. The summed E-state index contributed by atoms with van der Waals surface area (Å²) in [6.07, 6.45) is 4.76. The van der Waals surface area contributed by atoms with Gasteiger partial charge in [-0.2, -0.15) is 0 Å². The number of anilines is 3.